The Morgan fingerprint density at radius 3 is 2.19 bits per heavy atom. The van der Waals surface area contributed by atoms with Crippen molar-refractivity contribution >= 4 is 39.1 Å². The number of esters is 1. The number of carbonyl (C=O) groups excluding carboxylic acids is 2. The molecule has 4 rings (SSSR count). The van der Waals surface area contributed by atoms with Crippen molar-refractivity contribution in [2.24, 2.45) is 0 Å². The predicted octanol–water partition coefficient (Wildman–Crippen LogP) is 5.17. The molecule has 0 bridgehead atoms. The summed E-state index contributed by atoms with van der Waals surface area (Å²) in [5.74, 6) is -0.109. The summed E-state index contributed by atoms with van der Waals surface area (Å²) >= 11 is 0. The monoisotopic (exact) mass is 355 g/mol. The van der Waals surface area contributed by atoms with E-state index in [-0.39, 0.29) is 5.91 Å². The van der Waals surface area contributed by atoms with E-state index < -0.39 is 5.97 Å². The maximum absolute atomic E-state index is 12.8. The minimum atomic E-state index is -0.413. The Morgan fingerprint density at radius 2 is 1.41 bits per heavy atom. The van der Waals surface area contributed by atoms with Crippen LogP contribution in [0.4, 0.5) is 5.69 Å². The Balaban J connectivity index is 1.75. The van der Waals surface area contributed by atoms with E-state index in [1.165, 1.54) is 6.92 Å². The third-order valence-electron chi connectivity index (χ3n) is 4.41. The molecule has 0 unspecified atom stereocenters. The average molecular weight is 355 g/mol. The van der Waals surface area contributed by atoms with Gasteiger partial charge in [0.05, 0.1) is 5.56 Å². The number of hydrogen-bond acceptors (Lipinski definition) is 3. The average Bonchev–Trinajstić information content (AvgIpc) is 2.69. The molecule has 4 nitrogen and oxygen atoms in total. The standard InChI is InChI=1S/C23H17NO3/c1-15(25)24-21-13-14-22(19-11-5-4-10-18(19)21)27-23(26)20-12-6-8-16-7-2-3-9-17(16)20/h2-14H,1H3,(H,24,25). The summed E-state index contributed by atoms with van der Waals surface area (Å²) in [6.45, 7) is 1.46. The van der Waals surface area contributed by atoms with Gasteiger partial charge in [-0.15, -0.1) is 0 Å². The molecular weight excluding hydrogens is 338 g/mol. The van der Waals surface area contributed by atoms with E-state index in [0.717, 1.165) is 21.5 Å². The highest BCUT2D eigenvalue weighted by Crippen LogP contribution is 2.32. The Hall–Kier alpha value is -3.66. The van der Waals surface area contributed by atoms with E-state index in [9.17, 15) is 9.59 Å². The van der Waals surface area contributed by atoms with Crippen LogP contribution in [0.3, 0.4) is 0 Å². The lowest BCUT2D eigenvalue weighted by molar-refractivity contribution is -0.114. The molecule has 0 fully saturated rings. The lowest BCUT2D eigenvalue weighted by atomic mass is 10.0. The normalized spacial score (nSPS) is 10.7. The number of hydrogen-bond donors (Lipinski definition) is 1. The van der Waals surface area contributed by atoms with Crippen LogP contribution in [-0.2, 0) is 4.79 Å². The van der Waals surface area contributed by atoms with Crippen molar-refractivity contribution in [2.45, 2.75) is 6.92 Å². The van der Waals surface area contributed by atoms with E-state index >= 15 is 0 Å². The number of anilines is 1. The van der Waals surface area contributed by atoms with Gasteiger partial charge in [-0.3, -0.25) is 4.79 Å². The molecule has 0 aliphatic carbocycles. The molecule has 4 heteroatoms. The molecule has 0 atom stereocenters. The fourth-order valence-electron chi connectivity index (χ4n) is 3.22. The molecule has 1 amide bonds. The van der Waals surface area contributed by atoms with Crippen LogP contribution in [0.2, 0.25) is 0 Å². The second kappa shape index (κ2) is 6.92. The maximum atomic E-state index is 12.8. The first-order valence-electron chi connectivity index (χ1n) is 8.63. The summed E-state index contributed by atoms with van der Waals surface area (Å²) in [6, 6.07) is 24.2. The van der Waals surface area contributed by atoms with E-state index in [0.29, 0.717) is 17.0 Å². The van der Waals surface area contributed by atoms with Crippen molar-refractivity contribution in [3.8, 4) is 5.75 Å². The molecule has 0 aliphatic rings. The number of rotatable bonds is 3. The van der Waals surface area contributed by atoms with Gasteiger partial charge in [0, 0.05) is 23.4 Å². The summed E-state index contributed by atoms with van der Waals surface area (Å²) < 4.78 is 5.73. The number of fused-ring (bicyclic) bond motifs is 2. The molecule has 0 aliphatic heterocycles. The third-order valence-corrected chi connectivity index (χ3v) is 4.41. The van der Waals surface area contributed by atoms with E-state index in [1.807, 2.05) is 60.7 Å². The molecule has 0 saturated carbocycles. The van der Waals surface area contributed by atoms with Gasteiger partial charge in [0.1, 0.15) is 5.75 Å². The first kappa shape index (κ1) is 16.8. The van der Waals surface area contributed by atoms with Crippen LogP contribution < -0.4 is 10.1 Å². The van der Waals surface area contributed by atoms with Gasteiger partial charge >= 0.3 is 5.97 Å². The van der Waals surface area contributed by atoms with Crippen molar-refractivity contribution in [1.29, 1.82) is 0 Å². The summed E-state index contributed by atoms with van der Waals surface area (Å²) in [6.07, 6.45) is 0. The molecule has 4 aromatic rings. The zero-order valence-corrected chi connectivity index (χ0v) is 14.7. The molecule has 0 aromatic heterocycles. The minimum Gasteiger partial charge on any atom is -0.422 e. The molecule has 0 spiro atoms. The number of carbonyl (C=O) groups is 2. The van der Waals surface area contributed by atoms with Gasteiger partial charge in [0.25, 0.3) is 0 Å². The van der Waals surface area contributed by atoms with Crippen molar-refractivity contribution < 1.29 is 14.3 Å². The van der Waals surface area contributed by atoms with Crippen LogP contribution in [0, 0.1) is 0 Å². The molecule has 0 saturated heterocycles. The molecule has 132 valence electrons. The first-order chi connectivity index (χ1) is 13.1. The highest BCUT2D eigenvalue weighted by atomic mass is 16.5. The highest BCUT2D eigenvalue weighted by molar-refractivity contribution is 6.08. The van der Waals surface area contributed by atoms with Gasteiger partial charge < -0.3 is 10.1 Å². The Kier molecular flexibility index (Phi) is 4.30. The fraction of sp³-hybridized carbons (Fsp3) is 0.0435. The lowest BCUT2D eigenvalue weighted by Crippen LogP contribution is -2.10. The zero-order chi connectivity index (χ0) is 18.8. The summed E-state index contributed by atoms with van der Waals surface area (Å²) in [7, 11) is 0. The van der Waals surface area contributed by atoms with Gasteiger partial charge in [0.2, 0.25) is 5.91 Å². The topological polar surface area (TPSA) is 55.4 Å². The largest absolute Gasteiger partial charge is 0.422 e. The molecule has 1 N–H and O–H groups in total. The predicted molar refractivity (Wildman–Crippen MR) is 107 cm³/mol. The summed E-state index contributed by atoms with van der Waals surface area (Å²) in [5, 5.41) is 6.22. The van der Waals surface area contributed by atoms with Gasteiger partial charge in [-0.05, 0) is 29.0 Å². The number of nitrogens with one attached hydrogen (secondary N) is 1. The fourth-order valence-corrected chi connectivity index (χ4v) is 3.22. The van der Waals surface area contributed by atoms with Crippen LogP contribution >= 0.6 is 0 Å². The molecule has 27 heavy (non-hydrogen) atoms. The quantitative estimate of drug-likeness (QED) is 0.407. The van der Waals surface area contributed by atoms with Gasteiger partial charge in [-0.25, -0.2) is 4.79 Å². The van der Waals surface area contributed by atoms with E-state index in [4.69, 9.17) is 4.74 Å². The van der Waals surface area contributed by atoms with Crippen molar-refractivity contribution in [3.63, 3.8) is 0 Å². The third kappa shape index (κ3) is 3.25. The van der Waals surface area contributed by atoms with Gasteiger partial charge in [0.15, 0.2) is 0 Å². The van der Waals surface area contributed by atoms with Crippen LogP contribution in [-0.4, -0.2) is 11.9 Å². The second-order valence-corrected chi connectivity index (χ2v) is 6.25. The highest BCUT2D eigenvalue weighted by Gasteiger charge is 2.15. The number of benzene rings is 4. The van der Waals surface area contributed by atoms with Crippen LogP contribution in [0.5, 0.6) is 5.75 Å². The van der Waals surface area contributed by atoms with E-state index in [2.05, 4.69) is 5.32 Å². The second-order valence-electron chi connectivity index (χ2n) is 6.25. The van der Waals surface area contributed by atoms with Crippen LogP contribution in [0.1, 0.15) is 17.3 Å². The van der Waals surface area contributed by atoms with Gasteiger partial charge in [-0.2, -0.15) is 0 Å². The summed E-state index contributed by atoms with van der Waals surface area (Å²) in [5.41, 5.74) is 1.20. The zero-order valence-electron chi connectivity index (χ0n) is 14.7. The van der Waals surface area contributed by atoms with Crippen molar-refractivity contribution in [1.82, 2.24) is 0 Å². The molecular formula is C23H17NO3. The van der Waals surface area contributed by atoms with Crippen LogP contribution in [0.25, 0.3) is 21.5 Å². The summed E-state index contributed by atoms with van der Waals surface area (Å²) in [4.78, 5) is 24.3. The van der Waals surface area contributed by atoms with E-state index in [1.54, 1.807) is 18.2 Å². The first-order valence-corrected chi connectivity index (χ1v) is 8.63. The lowest BCUT2D eigenvalue weighted by Gasteiger charge is -2.12. The SMILES string of the molecule is CC(=O)Nc1ccc(OC(=O)c2cccc3ccccc23)c2ccccc12. The molecule has 0 radical (unpaired) electrons. The van der Waals surface area contributed by atoms with Crippen molar-refractivity contribution in [2.75, 3.05) is 5.32 Å². The van der Waals surface area contributed by atoms with Crippen molar-refractivity contribution in [3.05, 3.63) is 84.4 Å². The molecule has 4 aromatic carbocycles. The molecule has 0 heterocycles. The minimum absolute atomic E-state index is 0.152. The Bertz CT molecular complexity index is 1180. The maximum Gasteiger partial charge on any atom is 0.344 e. The number of ether oxygens (including phenoxy) is 1. The Morgan fingerprint density at radius 1 is 0.741 bits per heavy atom. The Labute approximate surface area is 156 Å². The van der Waals surface area contributed by atoms with Crippen LogP contribution in [0.15, 0.2) is 78.9 Å². The smallest absolute Gasteiger partial charge is 0.344 e. The number of amides is 1. The van der Waals surface area contributed by atoms with Gasteiger partial charge in [-0.1, -0.05) is 60.7 Å².